The molecule has 0 radical (unpaired) electrons. The second kappa shape index (κ2) is 15.4. The van der Waals surface area contributed by atoms with Gasteiger partial charge in [0.2, 0.25) is 0 Å². The van der Waals surface area contributed by atoms with Crippen molar-refractivity contribution in [2.24, 2.45) is 0 Å². The van der Waals surface area contributed by atoms with Gasteiger partial charge in [0.05, 0.1) is 6.61 Å². The van der Waals surface area contributed by atoms with E-state index in [4.69, 9.17) is 4.74 Å². The van der Waals surface area contributed by atoms with Crippen molar-refractivity contribution in [1.82, 2.24) is 0 Å². The summed E-state index contributed by atoms with van der Waals surface area (Å²) in [6, 6.07) is 18.5. The van der Waals surface area contributed by atoms with Crippen LogP contribution in [0.3, 0.4) is 0 Å². The molecule has 0 N–H and O–H groups in total. The molecule has 0 bridgehead atoms. The fourth-order valence-corrected chi connectivity index (χ4v) is 4.58. The van der Waals surface area contributed by atoms with Gasteiger partial charge in [0.1, 0.15) is 5.75 Å². The topological polar surface area (TPSA) is 9.23 Å². The van der Waals surface area contributed by atoms with E-state index in [1.807, 2.05) is 36.4 Å². The predicted molar refractivity (Wildman–Crippen MR) is 149 cm³/mol. The average Bonchev–Trinajstić information content (AvgIpc) is 2.90. The van der Waals surface area contributed by atoms with Gasteiger partial charge in [-0.2, -0.15) is 0 Å². The van der Waals surface area contributed by atoms with Crippen LogP contribution in [0.5, 0.6) is 5.75 Å². The number of hydrogen-bond donors (Lipinski definition) is 0. The Morgan fingerprint density at radius 3 is 1.56 bits per heavy atom. The molecular weight excluding hydrogens is 450 g/mol. The molecule has 0 saturated carbocycles. The van der Waals surface area contributed by atoms with Crippen molar-refractivity contribution in [2.45, 2.75) is 90.9 Å². The van der Waals surface area contributed by atoms with Gasteiger partial charge in [-0.3, -0.25) is 0 Å². The molecule has 0 aliphatic rings. The van der Waals surface area contributed by atoms with Crippen LogP contribution in [-0.2, 0) is 6.42 Å². The van der Waals surface area contributed by atoms with Gasteiger partial charge in [-0.25, -0.2) is 8.78 Å². The van der Waals surface area contributed by atoms with Gasteiger partial charge < -0.3 is 4.74 Å². The van der Waals surface area contributed by atoms with E-state index in [2.05, 4.69) is 13.8 Å². The minimum absolute atomic E-state index is 0.266. The largest absolute Gasteiger partial charge is 0.494 e. The summed E-state index contributed by atoms with van der Waals surface area (Å²) < 4.78 is 35.9. The lowest BCUT2D eigenvalue weighted by atomic mass is 9.97. The van der Waals surface area contributed by atoms with E-state index < -0.39 is 11.6 Å². The molecule has 1 nitrogen and oxygen atoms in total. The lowest BCUT2D eigenvalue weighted by molar-refractivity contribution is 0.304. The van der Waals surface area contributed by atoms with Crippen molar-refractivity contribution in [3.8, 4) is 28.0 Å². The molecule has 0 amide bonds. The summed E-state index contributed by atoms with van der Waals surface area (Å²) in [5.41, 5.74) is 3.15. The molecular formula is C33H42F2O. The molecule has 0 atom stereocenters. The zero-order valence-electron chi connectivity index (χ0n) is 22.1. The predicted octanol–water partition coefficient (Wildman–Crippen LogP) is 10.6. The fourth-order valence-electron chi connectivity index (χ4n) is 4.58. The Bertz CT molecular complexity index is 1020. The van der Waals surface area contributed by atoms with Crippen molar-refractivity contribution in [2.75, 3.05) is 6.61 Å². The van der Waals surface area contributed by atoms with Crippen LogP contribution in [0.4, 0.5) is 8.78 Å². The normalized spacial score (nSPS) is 11.1. The van der Waals surface area contributed by atoms with Crippen LogP contribution in [0.2, 0.25) is 0 Å². The summed E-state index contributed by atoms with van der Waals surface area (Å²) in [6.45, 7) is 5.12. The van der Waals surface area contributed by atoms with E-state index in [1.54, 1.807) is 24.3 Å². The Balaban J connectivity index is 1.57. The summed E-state index contributed by atoms with van der Waals surface area (Å²) in [4.78, 5) is 0. The monoisotopic (exact) mass is 492 g/mol. The van der Waals surface area contributed by atoms with E-state index >= 15 is 8.78 Å². The maximum absolute atomic E-state index is 15.1. The van der Waals surface area contributed by atoms with Crippen LogP contribution >= 0.6 is 0 Å². The van der Waals surface area contributed by atoms with Crippen LogP contribution in [-0.4, -0.2) is 6.61 Å². The first kappa shape index (κ1) is 27.9. The van der Waals surface area contributed by atoms with Crippen molar-refractivity contribution >= 4 is 0 Å². The SMILES string of the molecule is CCCCCCCCOc1ccc(-c2ccc(-c3ccc(CCCCCCC)cc3)c(F)c2F)cc1. The maximum atomic E-state index is 15.1. The Kier molecular flexibility index (Phi) is 12.0. The van der Waals surface area contributed by atoms with Crippen molar-refractivity contribution in [3.05, 3.63) is 77.9 Å². The van der Waals surface area contributed by atoms with Crippen LogP contribution in [0.25, 0.3) is 22.3 Å². The first-order chi connectivity index (χ1) is 17.6. The third-order valence-electron chi connectivity index (χ3n) is 6.85. The molecule has 3 aromatic rings. The molecule has 0 unspecified atom stereocenters. The Morgan fingerprint density at radius 2 is 1.00 bits per heavy atom. The van der Waals surface area contributed by atoms with Crippen LogP contribution < -0.4 is 4.74 Å². The molecule has 0 saturated heterocycles. The summed E-state index contributed by atoms with van der Waals surface area (Å²) in [5, 5.41) is 0. The minimum Gasteiger partial charge on any atom is -0.494 e. The summed E-state index contributed by atoms with van der Waals surface area (Å²) >= 11 is 0. The zero-order chi connectivity index (χ0) is 25.6. The Morgan fingerprint density at radius 1 is 0.528 bits per heavy atom. The number of aryl methyl sites for hydroxylation is 1. The van der Waals surface area contributed by atoms with E-state index in [-0.39, 0.29) is 5.56 Å². The van der Waals surface area contributed by atoms with Crippen molar-refractivity contribution in [3.63, 3.8) is 0 Å². The smallest absolute Gasteiger partial charge is 0.167 e. The van der Waals surface area contributed by atoms with E-state index in [0.717, 1.165) is 18.6 Å². The van der Waals surface area contributed by atoms with Crippen LogP contribution in [0.1, 0.15) is 90.0 Å². The zero-order valence-corrected chi connectivity index (χ0v) is 22.1. The quantitative estimate of drug-likeness (QED) is 0.181. The third kappa shape index (κ3) is 8.47. The molecule has 0 spiro atoms. The first-order valence-electron chi connectivity index (χ1n) is 13.9. The van der Waals surface area contributed by atoms with Crippen molar-refractivity contribution < 1.29 is 13.5 Å². The molecule has 36 heavy (non-hydrogen) atoms. The average molecular weight is 493 g/mol. The molecule has 3 aromatic carbocycles. The maximum Gasteiger partial charge on any atom is 0.167 e. The molecule has 0 aromatic heterocycles. The highest BCUT2D eigenvalue weighted by molar-refractivity contribution is 5.72. The number of halogens is 2. The Labute approximate surface area is 216 Å². The second-order valence-electron chi connectivity index (χ2n) is 9.79. The number of unbranched alkanes of at least 4 members (excludes halogenated alkanes) is 9. The van der Waals surface area contributed by atoms with Gasteiger partial charge in [-0.15, -0.1) is 0 Å². The first-order valence-corrected chi connectivity index (χ1v) is 13.9. The number of ether oxygens (including phenoxy) is 1. The number of hydrogen-bond acceptors (Lipinski definition) is 1. The highest BCUT2D eigenvalue weighted by Crippen LogP contribution is 2.32. The summed E-state index contributed by atoms with van der Waals surface area (Å²) in [5.74, 6) is -0.855. The van der Waals surface area contributed by atoms with Crippen LogP contribution in [0, 0.1) is 11.6 Å². The Hall–Kier alpha value is -2.68. The van der Waals surface area contributed by atoms with Gasteiger partial charge >= 0.3 is 0 Å². The molecule has 0 heterocycles. The molecule has 0 fully saturated rings. The van der Waals surface area contributed by atoms with E-state index in [0.29, 0.717) is 23.3 Å². The number of benzene rings is 3. The highest BCUT2D eigenvalue weighted by atomic mass is 19.2. The third-order valence-corrected chi connectivity index (χ3v) is 6.85. The van der Waals surface area contributed by atoms with Gasteiger partial charge in [-0.05, 0) is 48.1 Å². The second-order valence-corrected chi connectivity index (χ2v) is 9.79. The molecule has 3 rings (SSSR count). The molecule has 3 heteroatoms. The van der Waals surface area contributed by atoms with E-state index in [9.17, 15) is 0 Å². The van der Waals surface area contributed by atoms with Gasteiger partial charge in [-0.1, -0.05) is 120 Å². The summed E-state index contributed by atoms with van der Waals surface area (Å²) in [6.07, 6.45) is 14.5. The van der Waals surface area contributed by atoms with Crippen LogP contribution in [0.15, 0.2) is 60.7 Å². The lowest BCUT2D eigenvalue weighted by Gasteiger charge is -2.11. The highest BCUT2D eigenvalue weighted by Gasteiger charge is 2.16. The van der Waals surface area contributed by atoms with Crippen molar-refractivity contribution in [1.29, 1.82) is 0 Å². The molecule has 0 aliphatic carbocycles. The number of rotatable bonds is 16. The van der Waals surface area contributed by atoms with Gasteiger partial charge in [0.25, 0.3) is 0 Å². The molecule has 0 aliphatic heterocycles. The van der Waals surface area contributed by atoms with Gasteiger partial charge in [0.15, 0.2) is 11.6 Å². The lowest BCUT2D eigenvalue weighted by Crippen LogP contribution is -1.98. The minimum atomic E-state index is -0.812. The van der Waals surface area contributed by atoms with E-state index in [1.165, 1.54) is 69.8 Å². The summed E-state index contributed by atoms with van der Waals surface area (Å²) in [7, 11) is 0. The molecule has 194 valence electrons. The van der Waals surface area contributed by atoms with Gasteiger partial charge in [0, 0.05) is 11.1 Å². The standard InChI is InChI=1S/C33H42F2O/c1-3-5-7-9-11-13-25-36-29-21-19-28(20-22-29)31-24-23-30(32(34)33(31)35)27-17-15-26(16-18-27)14-12-10-8-6-4-2/h15-24H,3-14,25H2,1-2H3. The fraction of sp³-hybridized carbons (Fsp3) is 0.455.